The molecule has 0 atom stereocenters. The fourth-order valence-electron chi connectivity index (χ4n) is 2.57. The van der Waals surface area contributed by atoms with Crippen LogP contribution in [0.2, 0.25) is 0 Å². The summed E-state index contributed by atoms with van der Waals surface area (Å²) in [7, 11) is 0. The van der Waals surface area contributed by atoms with Crippen molar-refractivity contribution >= 4 is 34.3 Å². The van der Waals surface area contributed by atoms with Gasteiger partial charge in [-0.1, -0.05) is 6.07 Å². The molecule has 6 heteroatoms. The first kappa shape index (κ1) is 16.7. The second kappa shape index (κ2) is 7.17. The van der Waals surface area contributed by atoms with Crippen LogP contribution in [-0.4, -0.2) is 16.8 Å². The number of nitrogens with zero attached hydrogens (tertiary/aromatic N) is 1. The summed E-state index contributed by atoms with van der Waals surface area (Å²) in [5, 5.41) is 5.53. The molecule has 0 spiro atoms. The molecule has 2 amide bonds. The first-order valence-corrected chi connectivity index (χ1v) is 8.03. The topological polar surface area (TPSA) is 84.2 Å². The molecule has 0 radical (unpaired) electrons. The Kier molecular flexibility index (Phi) is 4.79. The Bertz CT molecular complexity index is 913. The number of nitrogens with one attached hydrogen (secondary N) is 2. The average molecular weight is 337 g/mol. The van der Waals surface area contributed by atoms with Crippen molar-refractivity contribution in [3.63, 3.8) is 0 Å². The van der Waals surface area contributed by atoms with Crippen LogP contribution in [0.5, 0.6) is 0 Å². The van der Waals surface area contributed by atoms with Gasteiger partial charge >= 0.3 is 0 Å². The van der Waals surface area contributed by atoms with Crippen LogP contribution in [0, 0.1) is 6.92 Å². The number of benzene rings is 2. The summed E-state index contributed by atoms with van der Waals surface area (Å²) in [4.78, 5) is 27.4. The number of hydrogen-bond acceptors (Lipinski definition) is 4. The number of aryl methyl sites for hydroxylation is 2. The Hall–Kier alpha value is -3.15. The highest BCUT2D eigenvalue weighted by atomic mass is 16.3. The Morgan fingerprint density at radius 3 is 2.40 bits per heavy atom. The van der Waals surface area contributed by atoms with E-state index in [-0.39, 0.29) is 11.8 Å². The van der Waals surface area contributed by atoms with Gasteiger partial charge in [-0.3, -0.25) is 9.59 Å². The van der Waals surface area contributed by atoms with Gasteiger partial charge in [-0.05, 0) is 48.4 Å². The first-order valence-electron chi connectivity index (χ1n) is 8.03. The summed E-state index contributed by atoms with van der Waals surface area (Å²) in [6.07, 6.45) is 0.993. The van der Waals surface area contributed by atoms with Gasteiger partial charge < -0.3 is 15.1 Å². The van der Waals surface area contributed by atoms with E-state index in [4.69, 9.17) is 4.42 Å². The van der Waals surface area contributed by atoms with Crippen LogP contribution in [0.4, 0.5) is 11.4 Å². The summed E-state index contributed by atoms with van der Waals surface area (Å²) in [6, 6.07) is 12.8. The van der Waals surface area contributed by atoms with Crippen molar-refractivity contribution in [2.75, 3.05) is 10.6 Å². The Balaban J connectivity index is 1.55. The van der Waals surface area contributed by atoms with Crippen LogP contribution in [0.1, 0.15) is 24.8 Å². The fraction of sp³-hybridized carbons (Fsp3) is 0.211. The second-order valence-corrected chi connectivity index (χ2v) is 5.84. The summed E-state index contributed by atoms with van der Waals surface area (Å²) >= 11 is 0. The fourth-order valence-corrected chi connectivity index (χ4v) is 2.57. The van der Waals surface area contributed by atoms with Crippen molar-refractivity contribution in [1.82, 2.24) is 4.98 Å². The highest BCUT2D eigenvalue weighted by Crippen LogP contribution is 2.18. The van der Waals surface area contributed by atoms with Crippen LogP contribution < -0.4 is 10.6 Å². The summed E-state index contributed by atoms with van der Waals surface area (Å²) < 4.78 is 5.44. The summed E-state index contributed by atoms with van der Waals surface area (Å²) in [6.45, 7) is 3.26. The quantitative estimate of drug-likeness (QED) is 0.744. The molecule has 3 rings (SSSR count). The minimum absolute atomic E-state index is 0.0660. The van der Waals surface area contributed by atoms with Gasteiger partial charge in [0.25, 0.3) is 0 Å². The van der Waals surface area contributed by atoms with E-state index in [2.05, 4.69) is 15.6 Å². The lowest BCUT2D eigenvalue weighted by atomic mass is 10.1. The maximum atomic E-state index is 12.1. The first-order chi connectivity index (χ1) is 12.0. The molecule has 25 heavy (non-hydrogen) atoms. The number of amides is 2. The van der Waals surface area contributed by atoms with Crippen molar-refractivity contribution in [3.05, 3.63) is 53.9 Å². The van der Waals surface area contributed by atoms with Crippen LogP contribution in [0.25, 0.3) is 11.1 Å². The van der Waals surface area contributed by atoms with E-state index in [0.717, 1.165) is 16.7 Å². The monoisotopic (exact) mass is 337 g/mol. The molecule has 0 saturated heterocycles. The molecule has 1 heterocycles. The number of aromatic nitrogens is 1. The Labute approximate surface area is 145 Å². The van der Waals surface area contributed by atoms with E-state index in [1.54, 1.807) is 24.3 Å². The van der Waals surface area contributed by atoms with E-state index in [1.807, 2.05) is 25.1 Å². The molecule has 128 valence electrons. The molecule has 0 unspecified atom stereocenters. The number of oxazole rings is 1. The van der Waals surface area contributed by atoms with Gasteiger partial charge in [0.15, 0.2) is 11.5 Å². The van der Waals surface area contributed by atoms with E-state index in [1.165, 1.54) is 6.92 Å². The molecule has 0 aliphatic carbocycles. The molecule has 2 aromatic carbocycles. The summed E-state index contributed by atoms with van der Waals surface area (Å²) in [5.74, 6) is 0.437. The van der Waals surface area contributed by atoms with Gasteiger partial charge in [0, 0.05) is 31.6 Å². The minimum atomic E-state index is -0.129. The molecular formula is C19H19N3O3. The lowest BCUT2D eigenvalue weighted by Gasteiger charge is -2.07. The number of anilines is 2. The van der Waals surface area contributed by atoms with Gasteiger partial charge in [-0.15, -0.1) is 0 Å². The largest absolute Gasteiger partial charge is 0.441 e. The molecule has 1 aromatic heterocycles. The van der Waals surface area contributed by atoms with Crippen molar-refractivity contribution < 1.29 is 14.0 Å². The van der Waals surface area contributed by atoms with Crippen molar-refractivity contribution in [1.29, 1.82) is 0 Å². The van der Waals surface area contributed by atoms with Crippen LogP contribution in [0.15, 0.2) is 46.9 Å². The Morgan fingerprint density at radius 1 is 1.04 bits per heavy atom. The number of fused-ring (bicyclic) bond motifs is 1. The van der Waals surface area contributed by atoms with Crippen molar-refractivity contribution in [2.45, 2.75) is 26.7 Å². The standard InChI is InChI=1S/C19H19N3O3/c1-12(23)20-15-5-7-16(8-6-15)22-19(24)10-4-14-3-9-18-17(11-14)21-13(2)25-18/h3,5-9,11H,4,10H2,1-2H3,(H,20,23)(H,22,24). The highest BCUT2D eigenvalue weighted by molar-refractivity contribution is 5.92. The van der Waals surface area contributed by atoms with Crippen LogP contribution >= 0.6 is 0 Å². The molecule has 2 N–H and O–H groups in total. The van der Waals surface area contributed by atoms with Crippen molar-refractivity contribution in [3.8, 4) is 0 Å². The van der Waals surface area contributed by atoms with Gasteiger partial charge in [0.2, 0.25) is 11.8 Å². The smallest absolute Gasteiger partial charge is 0.224 e. The minimum Gasteiger partial charge on any atom is -0.441 e. The van der Waals surface area contributed by atoms with E-state index < -0.39 is 0 Å². The lowest BCUT2D eigenvalue weighted by molar-refractivity contribution is -0.116. The predicted molar refractivity (Wildman–Crippen MR) is 96.4 cm³/mol. The number of rotatable bonds is 5. The molecule has 0 aliphatic rings. The second-order valence-electron chi connectivity index (χ2n) is 5.84. The van der Waals surface area contributed by atoms with Gasteiger partial charge in [-0.25, -0.2) is 4.98 Å². The van der Waals surface area contributed by atoms with Crippen molar-refractivity contribution in [2.24, 2.45) is 0 Å². The maximum absolute atomic E-state index is 12.1. The van der Waals surface area contributed by atoms with E-state index in [9.17, 15) is 9.59 Å². The van der Waals surface area contributed by atoms with Gasteiger partial charge in [0.1, 0.15) is 5.52 Å². The lowest BCUT2D eigenvalue weighted by Crippen LogP contribution is -2.12. The molecule has 0 fully saturated rings. The molecule has 0 bridgehead atoms. The van der Waals surface area contributed by atoms with E-state index in [0.29, 0.717) is 30.1 Å². The third-order valence-electron chi connectivity index (χ3n) is 3.69. The normalized spacial score (nSPS) is 10.6. The zero-order valence-electron chi connectivity index (χ0n) is 14.1. The third kappa shape index (κ3) is 4.44. The van der Waals surface area contributed by atoms with Crippen LogP contribution in [-0.2, 0) is 16.0 Å². The Morgan fingerprint density at radius 2 is 1.72 bits per heavy atom. The molecule has 3 aromatic rings. The molecule has 0 aliphatic heterocycles. The third-order valence-corrected chi connectivity index (χ3v) is 3.69. The number of hydrogen-bond donors (Lipinski definition) is 2. The van der Waals surface area contributed by atoms with Gasteiger partial charge in [0.05, 0.1) is 0 Å². The highest BCUT2D eigenvalue weighted by Gasteiger charge is 2.07. The molecular weight excluding hydrogens is 318 g/mol. The SMILES string of the molecule is CC(=O)Nc1ccc(NC(=O)CCc2ccc3oc(C)nc3c2)cc1. The molecule has 0 saturated carbocycles. The maximum Gasteiger partial charge on any atom is 0.224 e. The predicted octanol–water partition coefficient (Wildman–Crippen LogP) is 3.67. The zero-order chi connectivity index (χ0) is 17.8. The summed E-state index contributed by atoms with van der Waals surface area (Å²) in [5.41, 5.74) is 3.99. The number of carbonyl (C=O) groups excluding carboxylic acids is 2. The number of carbonyl (C=O) groups is 2. The van der Waals surface area contributed by atoms with Crippen LogP contribution in [0.3, 0.4) is 0 Å². The van der Waals surface area contributed by atoms with E-state index >= 15 is 0 Å². The molecule has 6 nitrogen and oxygen atoms in total. The van der Waals surface area contributed by atoms with Gasteiger partial charge in [-0.2, -0.15) is 0 Å². The average Bonchev–Trinajstić information content (AvgIpc) is 2.93. The zero-order valence-corrected chi connectivity index (χ0v) is 14.1.